The highest BCUT2D eigenvalue weighted by atomic mass is 32.2. The molecule has 0 fully saturated rings. The number of aryl methyl sites for hydroxylation is 1. The largest absolute Gasteiger partial charge is 0.478 e. The number of fused-ring (bicyclic) bond motifs is 1. The zero-order chi connectivity index (χ0) is 15.5. The van der Waals surface area contributed by atoms with Gasteiger partial charge in [-0.2, -0.15) is 5.10 Å². The van der Waals surface area contributed by atoms with E-state index < -0.39 is 5.97 Å². The molecule has 0 atom stereocenters. The van der Waals surface area contributed by atoms with Crippen LogP contribution in [0.15, 0.2) is 53.6 Å². The molecule has 1 N–H and O–H groups in total. The Labute approximate surface area is 132 Å². The van der Waals surface area contributed by atoms with E-state index >= 15 is 0 Å². The Bertz CT molecular complexity index is 832. The lowest BCUT2D eigenvalue weighted by atomic mass is 10.1. The average Bonchev–Trinajstić information content (AvgIpc) is 2.55. The van der Waals surface area contributed by atoms with Gasteiger partial charge in [-0.1, -0.05) is 48.2 Å². The molecule has 0 aliphatic rings. The highest BCUT2D eigenvalue weighted by Crippen LogP contribution is 2.28. The smallest absolute Gasteiger partial charge is 0.335 e. The Morgan fingerprint density at radius 1 is 1.05 bits per heavy atom. The van der Waals surface area contributed by atoms with Gasteiger partial charge in [0.25, 0.3) is 0 Å². The molecule has 3 rings (SSSR count). The molecule has 0 amide bonds. The van der Waals surface area contributed by atoms with Crippen molar-refractivity contribution in [3.63, 3.8) is 0 Å². The number of carboxylic acid groups (broad SMARTS) is 1. The van der Waals surface area contributed by atoms with Crippen molar-refractivity contribution in [2.24, 2.45) is 0 Å². The molecule has 0 unspecified atom stereocenters. The van der Waals surface area contributed by atoms with Crippen molar-refractivity contribution >= 4 is 28.5 Å². The Kier molecular flexibility index (Phi) is 4.06. The molecule has 22 heavy (non-hydrogen) atoms. The summed E-state index contributed by atoms with van der Waals surface area (Å²) >= 11 is 1.60. The van der Waals surface area contributed by atoms with Crippen LogP contribution in [-0.4, -0.2) is 21.3 Å². The zero-order valence-corrected chi connectivity index (χ0v) is 12.8. The van der Waals surface area contributed by atoms with Crippen molar-refractivity contribution in [2.45, 2.75) is 17.7 Å². The molecular formula is C17H14N2O2S. The van der Waals surface area contributed by atoms with Gasteiger partial charge >= 0.3 is 5.97 Å². The van der Waals surface area contributed by atoms with Crippen LogP contribution in [0.25, 0.3) is 10.8 Å². The van der Waals surface area contributed by atoms with E-state index in [0.29, 0.717) is 5.56 Å². The quantitative estimate of drug-likeness (QED) is 0.740. The number of aromatic nitrogens is 2. The van der Waals surface area contributed by atoms with Crippen LogP contribution < -0.4 is 0 Å². The average molecular weight is 310 g/mol. The predicted molar refractivity (Wildman–Crippen MR) is 87.2 cm³/mol. The summed E-state index contributed by atoms with van der Waals surface area (Å²) in [5, 5.41) is 20.5. The van der Waals surface area contributed by atoms with Gasteiger partial charge in [-0.25, -0.2) is 4.79 Å². The molecule has 2 aromatic carbocycles. The van der Waals surface area contributed by atoms with Gasteiger partial charge in [-0.15, -0.1) is 5.10 Å². The van der Waals surface area contributed by atoms with Crippen LogP contribution in [0, 0.1) is 6.92 Å². The fourth-order valence-electron chi connectivity index (χ4n) is 2.22. The Hall–Kier alpha value is -2.40. The van der Waals surface area contributed by atoms with Crippen LogP contribution in [0.5, 0.6) is 0 Å². The van der Waals surface area contributed by atoms with E-state index in [9.17, 15) is 4.79 Å². The number of rotatable bonds is 4. The summed E-state index contributed by atoms with van der Waals surface area (Å²) in [5.41, 5.74) is 2.28. The van der Waals surface area contributed by atoms with Crippen LogP contribution in [-0.2, 0) is 5.75 Å². The van der Waals surface area contributed by atoms with Gasteiger partial charge in [0.15, 0.2) is 0 Å². The first kappa shape index (κ1) is 14.5. The van der Waals surface area contributed by atoms with Crippen LogP contribution in [0.2, 0.25) is 0 Å². The molecular weight excluding hydrogens is 296 g/mol. The summed E-state index contributed by atoms with van der Waals surface area (Å²) < 4.78 is 0. The number of aromatic carboxylic acids is 1. The highest BCUT2D eigenvalue weighted by molar-refractivity contribution is 7.98. The molecule has 0 radical (unpaired) electrons. The second-order valence-electron chi connectivity index (χ2n) is 4.93. The summed E-state index contributed by atoms with van der Waals surface area (Å²) in [5.74, 6) is -0.184. The third-order valence-electron chi connectivity index (χ3n) is 3.41. The Morgan fingerprint density at radius 3 is 2.41 bits per heavy atom. The third kappa shape index (κ3) is 2.94. The number of thioether (sulfide) groups is 1. The summed E-state index contributed by atoms with van der Waals surface area (Å²) in [6.07, 6.45) is 0. The molecule has 0 saturated carbocycles. The topological polar surface area (TPSA) is 63.1 Å². The normalized spacial score (nSPS) is 10.8. The number of hydrogen-bond donors (Lipinski definition) is 1. The summed E-state index contributed by atoms with van der Waals surface area (Å²) in [6.45, 7) is 1.95. The van der Waals surface area contributed by atoms with Gasteiger partial charge in [0.1, 0.15) is 5.03 Å². The van der Waals surface area contributed by atoms with E-state index in [0.717, 1.165) is 32.8 Å². The molecule has 110 valence electrons. The lowest BCUT2D eigenvalue weighted by Gasteiger charge is -2.06. The maximum atomic E-state index is 10.8. The maximum absolute atomic E-state index is 10.8. The van der Waals surface area contributed by atoms with E-state index in [-0.39, 0.29) is 0 Å². The van der Waals surface area contributed by atoms with Crippen LogP contribution in [0.4, 0.5) is 0 Å². The van der Waals surface area contributed by atoms with Crippen molar-refractivity contribution in [3.05, 3.63) is 65.4 Å². The predicted octanol–water partition coefficient (Wildman–Crippen LogP) is 3.93. The molecule has 4 nitrogen and oxygen atoms in total. The lowest BCUT2D eigenvalue weighted by molar-refractivity contribution is 0.0697. The van der Waals surface area contributed by atoms with Gasteiger partial charge in [-0.05, 0) is 24.6 Å². The van der Waals surface area contributed by atoms with E-state index in [1.54, 1.807) is 23.9 Å². The Morgan fingerprint density at radius 2 is 1.73 bits per heavy atom. The molecule has 0 aliphatic heterocycles. The lowest BCUT2D eigenvalue weighted by Crippen LogP contribution is -1.96. The first-order valence-corrected chi connectivity index (χ1v) is 7.81. The fourth-order valence-corrected chi connectivity index (χ4v) is 3.14. The second kappa shape index (κ2) is 6.15. The van der Waals surface area contributed by atoms with E-state index in [4.69, 9.17) is 5.11 Å². The monoisotopic (exact) mass is 310 g/mol. The van der Waals surface area contributed by atoms with Crippen LogP contribution in [0.1, 0.15) is 21.6 Å². The van der Waals surface area contributed by atoms with E-state index in [2.05, 4.69) is 10.2 Å². The van der Waals surface area contributed by atoms with Gasteiger partial charge < -0.3 is 5.11 Å². The third-order valence-corrected chi connectivity index (χ3v) is 4.47. The van der Waals surface area contributed by atoms with E-state index in [1.807, 2.05) is 43.3 Å². The molecule has 1 heterocycles. The van der Waals surface area contributed by atoms with Crippen LogP contribution >= 0.6 is 11.8 Å². The van der Waals surface area contributed by atoms with Crippen LogP contribution in [0.3, 0.4) is 0 Å². The maximum Gasteiger partial charge on any atom is 0.335 e. The van der Waals surface area contributed by atoms with Gasteiger partial charge in [-0.3, -0.25) is 0 Å². The summed E-state index contributed by atoms with van der Waals surface area (Å²) in [6, 6.07) is 15.0. The standard InChI is InChI=1S/C17H14N2O2S/c1-11-14-4-2-3-5-15(14)16(19-18-11)22-10-12-6-8-13(9-7-12)17(20)21/h2-9H,10H2,1H3,(H,20,21). The van der Waals surface area contributed by atoms with Gasteiger partial charge in [0, 0.05) is 16.5 Å². The molecule has 0 saturated heterocycles. The molecule has 0 spiro atoms. The minimum Gasteiger partial charge on any atom is -0.478 e. The zero-order valence-electron chi connectivity index (χ0n) is 12.0. The van der Waals surface area contributed by atoms with E-state index in [1.165, 1.54) is 0 Å². The number of hydrogen-bond acceptors (Lipinski definition) is 4. The van der Waals surface area contributed by atoms with Crippen molar-refractivity contribution in [2.75, 3.05) is 0 Å². The molecule has 1 aromatic heterocycles. The first-order valence-electron chi connectivity index (χ1n) is 6.82. The van der Waals surface area contributed by atoms with Gasteiger partial charge in [0.2, 0.25) is 0 Å². The molecule has 0 bridgehead atoms. The fraction of sp³-hybridized carbons (Fsp3) is 0.118. The molecule has 0 aliphatic carbocycles. The van der Waals surface area contributed by atoms with Crippen molar-refractivity contribution in [1.82, 2.24) is 10.2 Å². The molecule has 3 aromatic rings. The van der Waals surface area contributed by atoms with Crippen molar-refractivity contribution in [1.29, 1.82) is 0 Å². The van der Waals surface area contributed by atoms with Crippen molar-refractivity contribution in [3.8, 4) is 0 Å². The highest BCUT2D eigenvalue weighted by Gasteiger charge is 2.08. The second-order valence-corrected chi connectivity index (χ2v) is 5.89. The van der Waals surface area contributed by atoms with Crippen molar-refractivity contribution < 1.29 is 9.90 Å². The summed E-state index contributed by atoms with van der Waals surface area (Å²) in [4.78, 5) is 10.8. The molecule has 5 heteroatoms. The number of carboxylic acids is 1. The Balaban J connectivity index is 1.82. The number of nitrogens with zero attached hydrogens (tertiary/aromatic N) is 2. The minimum atomic E-state index is -0.908. The van der Waals surface area contributed by atoms with Gasteiger partial charge in [0.05, 0.1) is 11.3 Å². The number of benzene rings is 2. The SMILES string of the molecule is Cc1nnc(SCc2ccc(C(=O)O)cc2)c2ccccc12. The first-order chi connectivity index (χ1) is 10.6. The summed E-state index contributed by atoms with van der Waals surface area (Å²) in [7, 11) is 0. The number of carbonyl (C=O) groups is 1. The minimum absolute atomic E-state index is 0.300.